The molecule has 4 atom stereocenters. The Morgan fingerprint density at radius 3 is 1.58 bits per heavy atom. The Balaban J connectivity index is 0.880. The third kappa shape index (κ3) is 6.92. The minimum atomic E-state index is -0.147. The molecular weight excluding hydrogens is 797 g/mol. The van der Waals surface area contributed by atoms with Gasteiger partial charge in [-0.25, -0.2) is 0 Å². The Kier molecular flexibility index (Phi) is 10.2. The zero-order chi connectivity index (χ0) is 44.2. The Bertz CT molecular complexity index is 3020. The van der Waals surface area contributed by atoms with Crippen LogP contribution in [0.15, 0.2) is 212 Å². The first-order chi connectivity index (χ1) is 32.4. The lowest BCUT2D eigenvalue weighted by Gasteiger charge is -2.37. The normalized spacial score (nSPS) is 21.0. The van der Waals surface area contributed by atoms with Crippen LogP contribution in [0, 0.1) is 11.8 Å². The summed E-state index contributed by atoms with van der Waals surface area (Å²) in [4.78, 5) is 4.86. The van der Waals surface area contributed by atoms with Crippen molar-refractivity contribution in [2.24, 2.45) is 11.8 Å². The Hall–Kier alpha value is -6.90. The SMILES string of the molecule is CC1(C)c2cc(N(c3ccccc3)c3ccc(C4(c5ccc(N(c6ccccc6)c6ccc(C7CC8CCC7C8)cc6)cc5)CC=CCC4)cc3)ccc2-c2c(-c3ccccc3)cccc21. The Labute approximate surface area is 391 Å². The summed E-state index contributed by atoms with van der Waals surface area (Å²) in [5.41, 5.74) is 19.1. The first kappa shape index (κ1) is 40.6. The molecule has 12 rings (SSSR count). The van der Waals surface area contributed by atoms with Gasteiger partial charge in [0.05, 0.1) is 0 Å². The molecule has 0 aliphatic heterocycles. The predicted octanol–water partition coefficient (Wildman–Crippen LogP) is 17.5. The van der Waals surface area contributed by atoms with E-state index < -0.39 is 0 Å². The number of anilines is 6. The van der Waals surface area contributed by atoms with Crippen molar-refractivity contribution >= 4 is 34.1 Å². The van der Waals surface area contributed by atoms with E-state index in [9.17, 15) is 0 Å². The molecule has 2 bridgehead atoms. The lowest BCUT2D eigenvalue weighted by atomic mass is 9.67. The smallest absolute Gasteiger partial charge is 0.0465 e. The molecule has 0 amide bonds. The van der Waals surface area contributed by atoms with Crippen LogP contribution < -0.4 is 9.80 Å². The number of allylic oxidation sites excluding steroid dienone is 2. The second-order valence-corrected chi connectivity index (χ2v) is 20.1. The number of rotatable bonds is 10. The van der Waals surface area contributed by atoms with Crippen molar-refractivity contribution in [1.29, 1.82) is 0 Å². The van der Waals surface area contributed by atoms with Gasteiger partial charge < -0.3 is 9.80 Å². The Morgan fingerprint density at radius 2 is 1.02 bits per heavy atom. The lowest BCUT2D eigenvalue weighted by Crippen LogP contribution is -2.29. The second kappa shape index (κ2) is 16.5. The average molecular weight is 855 g/mol. The second-order valence-electron chi connectivity index (χ2n) is 20.1. The summed E-state index contributed by atoms with van der Waals surface area (Å²) in [6.45, 7) is 4.77. The molecule has 66 heavy (non-hydrogen) atoms. The lowest BCUT2D eigenvalue weighted by molar-refractivity contribution is 0.420. The van der Waals surface area contributed by atoms with Crippen LogP contribution in [-0.4, -0.2) is 0 Å². The van der Waals surface area contributed by atoms with Gasteiger partial charge in [0.25, 0.3) is 0 Å². The highest BCUT2D eigenvalue weighted by molar-refractivity contribution is 5.94. The molecule has 4 unspecified atom stereocenters. The molecule has 8 aromatic carbocycles. The van der Waals surface area contributed by atoms with E-state index >= 15 is 0 Å². The van der Waals surface area contributed by atoms with E-state index in [1.807, 2.05) is 0 Å². The van der Waals surface area contributed by atoms with Crippen molar-refractivity contribution in [2.45, 2.75) is 75.5 Å². The maximum Gasteiger partial charge on any atom is 0.0465 e. The van der Waals surface area contributed by atoms with Gasteiger partial charge in [-0.15, -0.1) is 0 Å². The first-order valence-corrected chi connectivity index (χ1v) is 24.4. The fourth-order valence-electron chi connectivity index (χ4n) is 12.7. The largest absolute Gasteiger partial charge is 0.311 e. The maximum absolute atomic E-state index is 2.45. The fraction of sp³-hybridized carbons (Fsp3) is 0.219. The van der Waals surface area contributed by atoms with E-state index in [1.165, 1.54) is 98.5 Å². The number of benzene rings is 8. The maximum atomic E-state index is 2.45. The molecule has 0 N–H and O–H groups in total. The molecule has 0 spiro atoms. The van der Waals surface area contributed by atoms with Crippen LogP contribution in [0.2, 0.25) is 0 Å². The molecule has 8 aromatic rings. The number of fused-ring (bicyclic) bond motifs is 5. The van der Waals surface area contributed by atoms with E-state index in [0.29, 0.717) is 0 Å². The van der Waals surface area contributed by atoms with Crippen LogP contribution in [0.1, 0.15) is 92.5 Å². The van der Waals surface area contributed by atoms with Crippen molar-refractivity contribution < 1.29 is 0 Å². The van der Waals surface area contributed by atoms with Crippen molar-refractivity contribution in [3.8, 4) is 22.3 Å². The van der Waals surface area contributed by atoms with Crippen LogP contribution in [0.25, 0.3) is 22.3 Å². The number of para-hydroxylation sites is 2. The van der Waals surface area contributed by atoms with Crippen LogP contribution in [0.5, 0.6) is 0 Å². The zero-order valence-electron chi connectivity index (χ0n) is 38.3. The summed E-state index contributed by atoms with van der Waals surface area (Å²) < 4.78 is 0. The molecule has 0 aromatic heterocycles. The van der Waals surface area contributed by atoms with Crippen molar-refractivity contribution in [3.63, 3.8) is 0 Å². The zero-order valence-corrected chi connectivity index (χ0v) is 38.3. The molecule has 2 fully saturated rings. The predicted molar refractivity (Wildman–Crippen MR) is 277 cm³/mol. The summed E-state index contributed by atoms with van der Waals surface area (Å²) in [6, 6.07) is 75.2. The van der Waals surface area contributed by atoms with Crippen LogP contribution in [0.4, 0.5) is 34.1 Å². The van der Waals surface area contributed by atoms with Crippen LogP contribution >= 0.6 is 0 Å². The molecule has 2 nitrogen and oxygen atoms in total. The molecule has 2 heteroatoms. The van der Waals surface area contributed by atoms with Crippen molar-refractivity contribution in [1.82, 2.24) is 0 Å². The molecule has 0 radical (unpaired) electrons. The summed E-state index contributed by atoms with van der Waals surface area (Å²) in [5.74, 6) is 2.56. The molecule has 324 valence electrons. The number of hydrogen-bond donors (Lipinski definition) is 0. The summed E-state index contributed by atoms with van der Waals surface area (Å²) in [7, 11) is 0. The van der Waals surface area contributed by atoms with E-state index in [0.717, 1.165) is 48.4 Å². The highest BCUT2D eigenvalue weighted by Crippen LogP contribution is 2.55. The average Bonchev–Trinajstić information content (AvgIpc) is 4.09. The van der Waals surface area contributed by atoms with Gasteiger partial charge in [0.15, 0.2) is 0 Å². The van der Waals surface area contributed by atoms with Crippen LogP contribution in [0.3, 0.4) is 0 Å². The van der Waals surface area contributed by atoms with Gasteiger partial charge in [-0.3, -0.25) is 0 Å². The quantitative estimate of drug-likeness (QED) is 0.126. The van der Waals surface area contributed by atoms with Gasteiger partial charge in [0.1, 0.15) is 0 Å². The van der Waals surface area contributed by atoms with Gasteiger partial charge in [-0.1, -0.05) is 160 Å². The standard InChI is InChI=1S/C64H58N2/c1-63(2)60-23-15-22-57(46-16-7-3-8-17-46)62(60)58-39-38-56(44-61(58)63)66(52-20-11-5-12-21-52)55-36-30-50(31-37-55)64(40-13-6-14-41-64)49-28-34-54(35-29-49)65(51-18-9-4-10-19-51)53-32-26-47(27-33-53)59-43-45-24-25-48(59)42-45/h3-13,15-23,26-39,44-45,48,59H,14,24-25,40-43H2,1-2H3. The minimum Gasteiger partial charge on any atom is -0.311 e. The third-order valence-corrected chi connectivity index (χ3v) is 16.1. The fourth-order valence-corrected chi connectivity index (χ4v) is 12.7. The highest BCUT2D eigenvalue weighted by Gasteiger charge is 2.41. The van der Waals surface area contributed by atoms with E-state index in [2.05, 4.69) is 236 Å². The molecule has 4 aliphatic carbocycles. The van der Waals surface area contributed by atoms with Gasteiger partial charge in [-0.2, -0.15) is 0 Å². The summed E-state index contributed by atoms with van der Waals surface area (Å²) in [5, 5.41) is 0. The first-order valence-electron chi connectivity index (χ1n) is 24.4. The number of nitrogens with zero attached hydrogens (tertiary/aromatic N) is 2. The van der Waals surface area contributed by atoms with Gasteiger partial charge in [-0.05, 0) is 179 Å². The molecule has 2 saturated carbocycles. The number of hydrogen-bond acceptors (Lipinski definition) is 2. The minimum absolute atomic E-state index is 0.122. The molecule has 4 aliphatic rings. The van der Waals surface area contributed by atoms with Gasteiger partial charge in [0, 0.05) is 45.0 Å². The van der Waals surface area contributed by atoms with E-state index in [1.54, 1.807) is 0 Å². The van der Waals surface area contributed by atoms with E-state index in [-0.39, 0.29) is 10.8 Å². The van der Waals surface area contributed by atoms with Gasteiger partial charge >= 0.3 is 0 Å². The van der Waals surface area contributed by atoms with Crippen molar-refractivity contribution in [2.75, 3.05) is 9.80 Å². The molecule has 0 saturated heterocycles. The van der Waals surface area contributed by atoms with Gasteiger partial charge in [0.2, 0.25) is 0 Å². The topological polar surface area (TPSA) is 6.48 Å². The summed E-state index contributed by atoms with van der Waals surface area (Å²) in [6.07, 6.45) is 13.5. The summed E-state index contributed by atoms with van der Waals surface area (Å²) >= 11 is 0. The van der Waals surface area contributed by atoms with E-state index in [4.69, 9.17) is 0 Å². The molecular formula is C64H58N2. The monoisotopic (exact) mass is 854 g/mol. The molecule has 0 heterocycles. The Morgan fingerprint density at radius 1 is 0.455 bits per heavy atom. The van der Waals surface area contributed by atoms with Crippen molar-refractivity contribution in [3.05, 3.63) is 240 Å². The highest BCUT2D eigenvalue weighted by atomic mass is 15.1. The van der Waals surface area contributed by atoms with Crippen LogP contribution in [-0.2, 0) is 10.8 Å². The third-order valence-electron chi connectivity index (χ3n) is 16.1.